The van der Waals surface area contributed by atoms with Crippen LogP contribution in [-0.2, 0) is 9.59 Å². The number of amides is 2. The first kappa shape index (κ1) is 11.4. The van der Waals surface area contributed by atoms with E-state index in [2.05, 4.69) is 5.32 Å². The van der Waals surface area contributed by atoms with Crippen molar-refractivity contribution in [1.29, 1.82) is 0 Å². The van der Waals surface area contributed by atoms with Crippen LogP contribution in [0.15, 0.2) is 18.2 Å². The lowest BCUT2D eigenvalue weighted by molar-refractivity contribution is -0.125. The third-order valence-corrected chi connectivity index (χ3v) is 2.78. The zero-order chi connectivity index (χ0) is 12.4. The van der Waals surface area contributed by atoms with E-state index >= 15 is 0 Å². The van der Waals surface area contributed by atoms with Gasteiger partial charge < -0.3 is 9.47 Å². The summed E-state index contributed by atoms with van der Waals surface area (Å²) in [5.41, 5.74) is 0.705. The van der Waals surface area contributed by atoms with Gasteiger partial charge in [-0.2, -0.15) is 0 Å². The molecule has 0 spiro atoms. The molecule has 0 bridgehead atoms. The van der Waals surface area contributed by atoms with Gasteiger partial charge in [0.1, 0.15) is 11.5 Å². The number of carbonyl (C=O) groups is 2. The van der Waals surface area contributed by atoms with Gasteiger partial charge in [0, 0.05) is 18.1 Å². The van der Waals surface area contributed by atoms with Crippen LogP contribution in [-0.4, -0.2) is 26.0 Å². The van der Waals surface area contributed by atoms with Crippen LogP contribution in [0.5, 0.6) is 11.5 Å². The molecule has 0 aromatic heterocycles. The van der Waals surface area contributed by atoms with Gasteiger partial charge >= 0.3 is 0 Å². The van der Waals surface area contributed by atoms with Crippen LogP contribution in [0.1, 0.15) is 17.9 Å². The Kier molecular flexibility index (Phi) is 2.99. The SMILES string of the molecule is COc1ccc(C2CC(=O)NC2=O)c(OC)c1. The van der Waals surface area contributed by atoms with E-state index in [0.717, 1.165) is 0 Å². The summed E-state index contributed by atoms with van der Waals surface area (Å²) in [4.78, 5) is 22.8. The Morgan fingerprint density at radius 2 is 2.00 bits per heavy atom. The quantitative estimate of drug-likeness (QED) is 0.788. The third kappa shape index (κ3) is 2.08. The summed E-state index contributed by atoms with van der Waals surface area (Å²) in [5, 5.41) is 2.28. The lowest BCUT2D eigenvalue weighted by atomic mass is 9.96. The highest BCUT2D eigenvalue weighted by Gasteiger charge is 2.33. The minimum Gasteiger partial charge on any atom is -0.497 e. The highest BCUT2D eigenvalue weighted by atomic mass is 16.5. The largest absolute Gasteiger partial charge is 0.497 e. The Morgan fingerprint density at radius 1 is 1.24 bits per heavy atom. The summed E-state index contributed by atoms with van der Waals surface area (Å²) in [7, 11) is 3.08. The van der Waals surface area contributed by atoms with Crippen LogP contribution in [0.25, 0.3) is 0 Å². The molecule has 1 aliphatic rings. The number of nitrogens with one attached hydrogen (secondary N) is 1. The summed E-state index contributed by atoms with van der Waals surface area (Å²) in [6.45, 7) is 0. The van der Waals surface area contributed by atoms with Crippen LogP contribution >= 0.6 is 0 Å². The van der Waals surface area contributed by atoms with Crippen molar-refractivity contribution >= 4 is 11.8 Å². The van der Waals surface area contributed by atoms with Crippen molar-refractivity contribution < 1.29 is 19.1 Å². The van der Waals surface area contributed by atoms with Gasteiger partial charge in [0.15, 0.2) is 0 Å². The lowest BCUT2D eigenvalue weighted by Crippen LogP contribution is -2.21. The number of methoxy groups -OCH3 is 2. The normalized spacial score (nSPS) is 19.1. The van der Waals surface area contributed by atoms with Gasteiger partial charge in [0.2, 0.25) is 11.8 Å². The number of hydrogen-bond donors (Lipinski definition) is 1. The Hall–Kier alpha value is -2.04. The number of ether oxygens (including phenoxy) is 2. The van der Waals surface area contributed by atoms with Crippen molar-refractivity contribution in [3.05, 3.63) is 23.8 Å². The first-order valence-electron chi connectivity index (χ1n) is 5.21. The fourth-order valence-electron chi connectivity index (χ4n) is 1.91. The molecule has 1 unspecified atom stereocenters. The highest BCUT2D eigenvalue weighted by molar-refractivity contribution is 6.06. The van der Waals surface area contributed by atoms with Gasteiger partial charge in [-0.05, 0) is 6.07 Å². The molecule has 2 rings (SSSR count). The second-order valence-electron chi connectivity index (χ2n) is 3.78. The molecule has 5 nitrogen and oxygen atoms in total. The zero-order valence-electron chi connectivity index (χ0n) is 9.65. The molecular weight excluding hydrogens is 222 g/mol. The van der Waals surface area contributed by atoms with E-state index in [1.165, 1.54) is 7.11 Å². The average molecular weight is 235 g/mol. The minimum absolute atomic E-state index is 0.168. The zero-order valence-corrected chi connectivity index (χ0v) is 9.65. The van der Waals surface area contributed by atoms with E-state index in [1.807, 2.05) is 0 Å². The molecule has 1 saturated heterocycles. The van der Waals surface area contributed by atoms with Crippen LogP contribution in [0.3, 0.4) is 0 Å². The van der Waals surface area contributed by atoms with Crippen LogP contribution < -0.4 is 14.8 Å². The highest BCUT2D eigenvalue weighted by Crippen LogP contribution is 2.34. The molecular formula is C12H13NO4. The van der Waals surface area contributed by atoms with Gasteiger partial charge in [-0.3, -0.25) is 14.9 Å². The van der Waals surface area contributed by atoms with Crippen molar-refractivity contribution in [2.24, 2.45) is 0 Å². The minimum atomic E-state index is -0.469. The maximum Gasteiger partial charge on any atom is 0.234 e. The van der Waals surface area contributed by atoms with Gasteiger partial charge in [-0.15, -0.1) is 0 Å². The summed E-state index contributed by atoms with van der Waals surface area (Å²) in [5.74, 6) is 0.203. The Labute approximate surface area is 98.7 Å². The van der Waals surface area contributed by atoms with E-state index in [9.17, 15) is 9.59 Å². The fourth-order valence-corrected chi connectivity index (χ4v) is 1.91. The molecule has 0 aliphatic carbocycles. The number of rotatable bonds is 3. The van der Waals surface area contributed by atoms with Crippen molar-refractivity contribution in [3.8, 4) is 11.5 Å². The van der Waals surface area contributed by atoms with Crippen molar-refractivity contribution in [3.63, 3.8) is 0 Å². The summed E-state index contributed by atoms with van der Waals surface area (Å²) in [6, 6.07) is 5.19. The van der Waals surface area contributed by atoms with Gasteiger partial charge in [-0.1, -0.05) is 6.07 Å². The third-order valence-electron chi connectivity index (χ3n) is 2.78. The molecule has 1 fully saturated rings. The average Bonchev–Trinajstić information content (AvgIpc) is 2.67. The molecule has 5 heteroatoms. The van der Waals surface area contributed by atoms with Crippen molar-refractivity contribution in [2.75, 3.05) is 14.2 Å². The Morgan fingerprint density at radius 3 is 2.53 bits per heavy atom. The monoisotopic (exact) mass is 235 g/mol. The summed E-state index contributed by atoms with van der Waals surface area (Å²) >= 11 is 0. The molecule has 1 aromatic rings. The predicted octanol–water partition coefficient (Wildman–Crippen LogP) is 0.834. The smallest absolute Gasteiger partial charge is 0.234 e. The van der Waals surface area contributed by atoms with E-state index in [-0.39, 0.29) is 18.2 Å². The predicted molar refractivity (Wildman–Crippen MR) is 60.1 cm³/mol. The molecule has 1 atom stereocenters. The summed E-state index contributed by atoms with van der Waals surface area (Å²) in [6.07, 6.45) is 0.168. The molecule has 1 aromatic carbocycles. The maximum atomic E-state index is 11.6. The first-order chi connectivity index (χ1) is 8.15. The first-order valence-corrected chi connectivity index (χ1v) is 5.21. The second-order valence-corrected chi connectivity index (χ2v) is 3.78. The standard InChI is InChI=1S/C12H13NO4/c1-16-7-3-4-8(10(5-7)17-2)9-6-11(14)13-12(9)15/h3-5,9H,6H2,1-2H3,(H,13,14,15). The molecule has 1 N–H and O–H groups in total. The van der Waals surface area contributed by atoms with Crippen molar-refractivity contribution in [1.82, 2.24) is 5.32 Å². The molecule has 1 aliphatic heterocycles. The van der Waals surface area contributed by atoms with Crippen LogP contribution in [0.2, 0.25) is 0 Å². The molecule has 17 heavy (non-hydrogen) atoms. The number of imide groups is 1. The molecule has 0 radical (unpaired) electrons. The maximum absolute atomic E-state index is 11.6. The van der Waals surface area contributed by atoms with E-state index in [0.29, 0.717) is 17.1 Å². The van der Waals surface area contributed by atoms with Gasteiger partial charge in [0.25, 0.3) is 0 Å². The Bertz CT molecular complexity index is 470. The molecule has 2 amide bonds. The Balaban J connectivity index is 2.38. The van der Waals surface area contributed by atoms with Gasteiger partial charge in [0.05, 0.1) is 20.1 Å². The molecule has 1 heterocycles. The number of benzene rings is 1. The van der Waals surface area contributed by atoms with E-state index in [4.69, 9.17) is 9.47 Å². The van der Waals surface area contributed by atoms with Gasteiger partial charge in [-0.25, -0.2) is 0 Å². The fraction of sp³-hybridized carbons (Fsp3) is 0.333. The number of carbonyl (C=O) groups excluding carboxylic acids is 2. The van der Waals surface area contributed by atoms with E-state index in [1.54, 1.807) is 25.3 Å². The topological polar surface area (TPSA) is 64.6 Å². The van der Waals surface area contributed by atoms with Crippen molar-refractivity contribution in [2.45, 2.75) is 12.3 Å². The lowest BCUT2D eigenvalue weighted by Gasteiger charge is -2.13. The van der Waals surface area contributed by atoms with Crippen LogP contribution in [0.4, 0.5) is 0 Å². The number of hydrogen-bond acceptors (Lipinski definition) is 4. The van der Waals surface area contributed by atoms with E-state index < -0.39 is 5.92 Å². The summed E-state index contributed by atoms with van der Waals surface area (Å²) < 4.78 is 10.3. The van der Waals surface area contributed by atoms with Crippen LogP contribution in [0, 0.1) is 0 Å². The molecule has 90 valence electrons. The molecule has 0 saturated carbocycles. The second kappa shape index (κ2) is 4.45.